The van der Waals surface area contributed by atoms with Gasteiger partial charge in [-0.3, -0.25) is 0 Å². The van der Waals surface area contributed by atoms with Gasteiger partial charge in [0, 0.05) is 18.0 Å². The molecule has 0 radical (unpaired) electrons. The standard InChI is InChI=1S/C16H17N3O/c1-2-3-4-9-20-15-7-5-13(6-8-15)14-11-18-16(10-17)19-12-14/h5-8,11-12H,2-4,9H2,1H3. The largest absolute Gasteiger partial charge is 0.494 e. The monoisotopic (exact) mass is 267 g/mol. The molecule has 0 unspecified atom stereocenters. The van der Waals surface area contributed by atoms with E-state index in [2.05, 4.69) is 16.9 Å². The van der Waals surface area contributed by atoms with Crippen molar-refractivity contribution in [1.82, 2.24) is 9.97 Å². The van der Waals surface area contributed by atoms with Crippen LogP contribution in [-0.4, -0.2) is 16.6 Å². The summed E-state index contributed by atoms with van der Waals surface area (Å²) in [6, 6.07) is 9.74. The van der Waals surface area contributed by atoms with Crippen LogP contribution in [0.25, 0.3) is 11.1 Å². The topological polar surface area (TPSA) is 58.8 Å². The Labute approximate surface area is 119 Å². The summed E-state index contributed by atoms with van der Waals surface area (Å²) in [5, 5.41) is 8.66. The Bertz CT molecular complexity index is 570. The number of benzene rings is 1. The zero-order chi connectivity index (χ0) is 14.2. The molecular formula is C16H17N3O. The highest BCUT2D eigenvalue weighted by atomic mass is 16.5. The van der Waals surface area contributed by atoms with Gasteiger partial charge < -0.3 is 4.74 Å². The Balaban J connectivity index is 1.98. The summed E-state index contributed by atoms with van der Waals surface area (Å²) in [5.41, 5.74) is 1.90. The van der Waals surface area contributed by atoms with Gasteiger partial charge in [0.05, 0.1) is 6.61 Å². The third kappa shape index (κ3) is 3.79. The second kappa shape index (κ2) is 7.25. The van der Waals surface area contributed by atoms with E-state index in [9.17, 15) is 0 Å². The van der Waals surface area contributed by atoms with Crippen LogP contribution in [0.1, 0.15) is 32.0 Å². The molecule has 4 heteroatoms. The minimum absolute atomic E-state index is 0.185. The van der Waals surface area contributed by atoms with E-state index >= 15 is 0 Å². The molecule has 20 heavy (non-hydrogen) atoms. The highest BCUT2D eigenvalue weighted by molar-refractivity contribution is 5.62. The van der Waals surface area contributed by atoms with Crippen LogP contribution in [0.2, 0.25) is 0 Å². The first kappa shape index (κ1) is 14.0. The third-order valence-corrected chi connectivity index (χ3v) is 2.96. The van der Waals surface area contributed by atoms with Crippen molar-refractivity contribution in [3.63, 3.8) is 0 Å². The van der Waals surface area contributed by atoms with Gasteiger partial charge in [0.15, 0.2) is 0 Å². The van der Waals surface area contributed by atoms with Gasteiger partial charge in [0.2, 0.25) is 5.82 Å². The smallest absolute Gasteiger partial charge is 0.232 e. The number of nitriles is 1. The average Bonchev–Trinajstić information content (AvgIpc) is 2.52. The molecule has 0 atom stereocenters. The molecule has 0 saturated heterocycles. The molecule has 0 fully saturated rings. The molecule has 0 aliphatic heterocycles. The predicted octanol–water partition coefficient (Wildman–Crippen LogP) is 3.58. The highest BCUT2D eigenvalue weighted by Crippen LogP contribution is 2.21. The third-order valence-electron chi connectivity index (χ3n) is 2.96. The maximum atomic E-state index is 8.66. The SMILES string of the molecule is CCCCCOc1ccc(-c2cnc(C#N)nc2)cc1. The molecule has 2 rings (SSSR count). The first-order valence-corrected chi connectivity index (χ1v) is 6.79. The highest BCUT2D eigenvalue weighted by Gasteiger charge is 2.01. The van der Waals surface area contributed by atoms with Gasteiger partial charge in [-0.05, 0) is 24.1 Å². The summed E-state index contributed by atoms with van der Waals surface area (Å²) < 4.78 is 5.66. The Morgan fingerprint density at radius 1 is 1.05 bits per heavy atom. The van der Waals surface area contributed by atoms with Crippen molar-refractivity contribution in [2.45, 2.75) is 26.2 Å². The minimum Gasteiger partial charge on any atom is -0.494 e. The zero-order valence-corrected chi connectivity index (χ0v) is 11.5. The molecule has 1 aromatic carbocycles. The fourth-order valence-corrected chi connectivity index (χ4v) is 1.82. The lowest BCUT2D eigenvalue weighted by atomic mass is 10.1. The summed E-state index contributed by atoms with van der Waals surface area (Å²) in [6.45, 7) is 2.93. The molecule has 0 aliphatic rings. The lowest BCUT2D eigenvalue weighted by Gasteiger charge is -2.06. The average molecular weight is 267 g/mol. The fraction of sp³-hybridized carbons (Fsp3) is 0.312. The van der Waals surface area contributed by atoms with Crippen molar-refractivity contribution in [3.05, 3.63) is 42.5 Å². The van der Waals surface area contributed by atoms with Gasteiger partial charge >= 0.3 is 0 Å². The van der Waals surface area contributed by atoms with Gasteiger partial charge in [-0.2, -0.15) is 5.26 Å². The van der Waals surface area contributed by atoms with Crippen LogP contribution in [0, 0.1) is 11.3 Å². The van der Waals surface area contributed by atoms with E-state index < -0.39 is 0 Å². The van der Waals surface area contributed by atoms with E-state index in [0.717, 1.165) is 29.9 Å². The number of rotatable bonds is 6. The lowest BCUT2D eigenvalue weighted by Crippen LogP contribution is -1.96. The molecule has 0 aliphatic carbocycles. The lowest BCUT2D eigenvalue weighted by molar-refractivity contribution is 0.306. The van der Waals surface area contributed by atoms with Crippen LogP contribution in [0.4, 0.5) is 0 Å². The van der Waals surface area contributed by atoms with E-state index in [1.165, 1.54) is 12.8 Å². The maximum absolute atomic E-state index is 8.66. The van der Waals surface area contributed by atoms with Crippen LogP contribution < -0.4 is 4.74 Å². The van der Waals surface area contributed by atoms with E-state index in [-0.39, 0.29) is 5.82 Å². The van der Waals surface area contributed by atoms with Crippen molar-refractivity contribution in [2.24, 2.45) is 0 Å². The molecule has 1 aromatic heterocycles. The molecular weight excluding hydrogens is 250 g/mol. The molecule has 102 valence electrons. The quantitative estimate of drug-likeness (QED) is 0.750. The Morgan fingerprint density at radius 3 is 2.35 bits per heavy atom. The first-order valence-electron chi connectivity index (χ1n) is 6.79. The maximum Gasteiger partial charge on any atom is 0.232 e. The number of ether oxygens (including phenoxy) is 1. The van der Waals surface area contributed by atoms with Crippen molar-refractivity contribution in [2.75, 3.05) is 6.61 Å². The van der Waals surface area contributed by atoms with Gasteiger partial charge in [0.25, 0.3) is 0 Å². The van der Waals surface area contributed by atoms with E-state index in [4.69, 9.17) is 10.00 Å². The summed E-state index contributed by atoms with van der Waals surface area (Å²) >= 11 is 0. The Kier molecular flexibility index (Phi) is 5.08. The summed E-state index contributed by atoms with van der Waals surface area (Å²) in [7, 11) is 0. The molecule has 1 heterocycles. The normalized spacial score (nSPS) is 10.0. The van der Waals surface area contributed by atoms with Crippen molar-refractivity contribution in [1.29, 1.82) is 5.26 Å². The first-order chi connectivity index (χ1) is 9.83. The van der Waals surface area contributed by atoms with Crippen molar-refractivity contribution < 1.29 is 4.74 Å². The van der Waals surface area contributed by atoms with Gasteiger partial charge in [-0.25, -0.2) is 9.97 Å². The van der Waals surface area contributed by atoms with E-state index in [1.54, 1.807) is 12.4 Å². The van der Waals surface area contributed by atoms with Crippen LogP contribution in [-0.2, 0) is 0 Å². The molecule has 0 spiro atoms. The molecule has 0 saturated carbocycles. The molecule has 4 nitrogen and oxygen atoms in total. The Morgan fingerprint density at radius 2 is 1.75 bits per heavy atom. The van der Waals surface area contributed by atoms with E-state index in [0.29, 0.717) is 0 Å². The predicted molar refractivity (Wildman–Crippen MR) is 77.2 cm³/mol. The summed E-state index contributed by atoms with van der Waals surface area (Å²) in [6.07, 6.45) is 6.79. The van der Waals surface area contributed by atoms with Gasteiger partial charge in [0.1, 0.15) is 11.8 Å². The van der Waals surface area contributed by atoms with Crippen LogP contribution >= 0.6 is 0 Å². The molecule has 0 amide bonds. The summed E-state index contributed by atoms with van der Waals surface area (Å²) in [4.78, 5) is 7.93. The molecule has 0 bridgehead atoms. The molecule has 2 aromatic rings. The van der Waals surface area contributed by atoms with Crippen molar-refractivity contribution >= 4 is 0 Å². The number of hydrogen-bond donors (Lipinski definition) is 0. The van der Waals surface area contributed by atoms with Crippen molar-refractivity contribution in [3.8, 4) is 22.9 Å². The van der Waals surface area contributed by atoms with Gasteiger partial charge in [-0.1, -0.05) is 31.9 Å². The number of unbranched alkanes of at least 4 members (excludes halogenated alkanes) is 2. The fourth-order valence-electron chi connectivity index (χ4n) is 1.82. The second-order valence-electron chi connectivity index (χ2n) is 4.49. The minimum atomic E-state index is 0.185. The Hall–Kier alpha value is -2.41. The molecule has 0 N–H and O–H groups in total. The van der Waals surface area contributed by atoms with Crippen LogP contribution in [0.15, 0.2) is 36.7 Å². The summed E-state index contributed by atoms with van der Waals surface area (Å²) in [5.74, 6) is 1.06. The van der Waals surface area contributed by atoms with Crippen LogP contribution in [0.5, 0.6) is 5.75 Å². The zero-order valence-electron chi connectivity index (χ0n) is 11.5. The second-order valence-corrected chi connectivity index (χ2v) is 4.49. The van der Waals surface area contributed by atoms with E-state index in [1.807, 2.05) is 30.3 Å². The number of nitrogens with zero attached hydrogens (tertiary/aromatic N) is 3. The van der Waals surface area contributed by atoms with Crippen LogP contribution in [0.3, 0.4) is 0 Å². The van der Waals surface area contributed by atoms with Gasteiger partial charge in [-0.15, -0.1) is 0 Å². The number of hydrogen-bond acceptors (Lipinski definition) is 4. The number of aromatic nitrogens is 2.